The first-order valence-electron chi connectivity index (χ1n) is 2.76. The van der Waals surface area contributed by atoms with Crippen molar-refractivity contribution < 1.29 is 9.90 Å². The molecule has 0 fully saturated rings. The molecule has 0 N–H and O–H groups in total. The van der Waals surface area contributed by atoms with Crippen molar-refractivity contribution in [1.29, 1.82) is 0 Å². The van der Waals surface area contributed by atoms with Crippen LogP contribution in [0.5, 0.6) is 0 Å². The Labute approximate surface area is 58.2 Å². The largest absolute Gasteiger partial charge is 0.543 e. The van der Waals surface area contributed by atoms with Gasteiger partial charge in [-0.25, -0.2) is 0 Å². The first kappa shape index (κ1) is 6.61. The van der Waals surface area contributed by atoms with Crippen molar-refractivity contribution in [2.24, 2.45) is 0 Å². The van der Waals surface area contributed by atoms with Gasteiger partial charge < -0.3 is 14.5 Å². The normalized spacial score (nSPS) is 9.20. The lowest BCUT2D eigenvalue weighted by molar-refractivity contribution is -0.255. The fraction of sp³-hybridized carbons (Fsp3) is 0. The van der Waals surface area contributed by atoms with Crippen molar-refractivity contribution in [2.45, 2.75) is 0 Å². The summed E-state index contributed by atoms with van der Waals surface area (Å²) in [5.41, 5.74) is 0.120. The van der Waals surface area contributed by atoms with E-state index in [1.807, 2.05) is 0 Å². The minimum atomic E-state index is -1.19. The molecule has 0 unspecified atom stereocenters. The monoisotopic (exact) mass is 136 g/mol. The Morgan fingerprint density at radius 3 is 2.90 bits per heavy atom. The highest BCUT2D eigenvalue weighted by molar-refractivity contribution is 5.84. The maximum atomic E-state index is 10.3. The van der Waals surface area contributed by atoms with Crippen LogP contribution in [0.2, 0.25) is 0 Å². The lowest BCUT2D eigenvalue weighted by atomic mass is 10.4. The van der Waals surface area contributed by atoms with Crippen molar-refractivity contribution in [3.05, 3.63) is 30.6 Å². The van der Waals surface area contributed by atoms with Crippen LogP contribution < -0.4 is 5.11 Å². The molecule has 0 saturated heterocycles. The topological polar surface area (TPSA) is 45.1 Å². The quantitative estimate of drug-likeness (QED) is 0.572. The SMILES string of the molecule is C=Cn1cccc1C(=O)[O-]. The second-order valence-electron chi connectivity index (χ2n) is 1.77. The summed E-state index contributed by atoms with van der Waals surface area (Å²) in [4.78, 5) is 10.3. The molecule has 1 rings (SSSR count). The van der Waals surface area contributed by atoms with Gasteiger partial charge in [0.15, 0.2) is 0 Å². The minimum Gasteiger partial charge on any atom is -0.543 e. The zero-order chi connectivity index (χ0) is 7.56. The van der Waals surface area contributed by atoms with E-state index in [1.165, 1.54) is 16.8 Å². The number of rotatable bonds is 2. The van der Waals surface area contributed by atoms with Gasteiger partial charge >= 0.3 is 0 Å². The van der Waals surface area contributed by atoms with Crippen LogP contribution in [-0.4, -0.2) is 10.5 Å². The Kier molecular flexibility index (Phi) is 1.58. The molecular formula is C7H6NO2-. The van der Waals surface area contributed by atoms with Crippen LogP contribution in [0.3, 0.4) is 0 Å². The molecule has 0 aliphatic carbocycles. The average molecular weight is 136 g/mol. The molecule has 0 amide bonds. The van der Waals surface area contributed by atoms with Crippen molar-refractivity contribution in [3.8, 4) is 0 Å². The Balaban J connectivity index is 3.13. The third-order valence-corrected chi connectivity index (χ3v) is 1.18. The fourth-order valence-electron chi connectivity index (χ4n) is 0.726. The van der Waals surface area contributed by atoms with Gasteiger partial charge in [0.2, 0.25) is 0 Å². The van der Waals surface area contributed by atoms with E-state index in [4.69, 9.17) is 0 Å². The van der Waals surface area contributed by atoms with E-state index >= 15 is 0 Å². The molecule has 1 heterocycles. The summed E-state index contributed by atoms with van der Waals surface area (Å²) < 4.78 is 1.38. The summed E-state index contributed by atoms with van der Waals surface area (Å²) in [6, 6.07) is 3.07. The third kappa shape index (κ3) is 0.932. The molecular weight excluding hydrogens is 130 g/mol. The summed E-state index contributed by atoms with van der Waals surface area (Å²) >= 11 is 0. The molecule has 10 heavy (non-hydrogen) atoms. The predicted octanol–water partition coefficient (Wildman–Crippen LogP) is -0.0479. The minimum absolute atomic E-state index is 0.120. The summed E-state index contributed by atoms with van der Waals surface area (Å²) in [5, 5.41) is 10.3. The summed E-state index contributed by atoms with van der Waals surface area (Å²) in [7, 11) is 0. The molecule has 52 valence electrons. The van der Waals surface area contributed by atoms with Crippen molar-refractivity contribution in [3.63, 3.8) is 0 Å². The molecule has 0 saturated carbocycles. The van der Waals surface area contributed by atoms with Gasteiger partial charge in [-0.05, 0) is 12.1 Å². The molecule has 3 nitrogen and oxygen atoms in total. The standard InChI is InChI=1S/C7H7NO2/c1-2-8-5-3-4-6(8)7(9)10/h2-5H,1H2,(H,9,10)/p-1. The lowest BCUT2D eigenvalue weighted by Crippen LogP contribution is -2.24. The maximum Gasteiger partial charge on any atom is 0.0883 e. The molecule has 0 aromatic carbocycles. The highest BCUT2D eigenvalue weighted by atomic mass is 16.4. The Morgan fingerprint density at radius 2 is 2.50 bits per heavy atom. The van der Waals surface area contributed by atoms with Crippen LogP contribution in [0.15, 0.2) is 24.9 Å². The van der Waals surface area contributed by atoms with Crippen molar-refractivity contribution in [2.75, 3.05) is 0 Å². The van der Waals surface area contributed by atoms with Gasteiger partial charge in [0, 0.05) is 12.4 Å². The van der Waals surface area contributed by atoms with E-state index < -0.39 is 5.97 Å². The second kappa shape index (κ2) is 2.39. The number of hydrogen-bond donors (Lipinski definition) is 0. The Morgan fingerprint density at radius 1 is 1.80 bits per heavy atom. The van der Waals surface area contributed by atoms with Gasteiger partial charge in [0.1, 0.15) is 0 Å². The number of carboxylic acid groups (broad SMARTS) is 1. The van der Waals surface area contributed by atoms with Gasteiger partial charge in [0.25, 0.3) is 0 Å². The second-order valence-corrected chi connectivity index (χ2v) is 1.77. The number of carboxylic acids is 1. The summed E-state index contributed by atoms with van der Waals surface area (Å²) in [6.45, 7) is 3.42. The molecule has 0 aliphatic heterocycles. The maximum absolute atomic E-state index is 10.3. The zero-order valence-electron chi connectivity index (χ0n) is 5.28. The molecule has 1 aromatic heterocycles. The fourth-order valence-corrected chi connectivity index (χ4v) is 0.726. The molecule has 0 bridgehead atoms. The lowest BCUT2D eigenvalue weighted by Gasteiger charge is -2.02. The summed E-state index contributed by atoms with van der Waals surface area (Å²) in [5.74, 6) is -1.19. The number of hydrogen-bond acceptors (Lipinski definition) is 2. The highest BCUT2D eigenvalue weighted by Gasteiger charge is 1.95. The van der Waals surface area contributed by atoms with Crippen molar-refractivity contribution in [1.82, 2.24) is 4.57 Å². The van der Waals surface area contributed by atoms with E-state index in [-0.39, 0.29) is 5.69 Å². The highest BCUT2D eigenvalue weighted by Crippen LogP contribution is 1.99. The molecule has 3 heteroatoms. The summed E-state index contributed by atoms with van der Waals surface area (Å²) in [6.07, 6.45) is 3.00. The molecule has 0 aliphatic rings. The van der Waals surface area contributed by atoms with E-state index in [2.05, 4.69) is 6.58 Å². The number of nitrogens with zero attached hydrogens (tertiary/aromatic N) is 1. The van der Waals surface area contributed by atoms with Gasteiger partial charge in [0.05, 0.1) is 11.7 Å². The van der Waals surface area contributed by atoms with E-state index in [0.29, 0.717) is 0 Å². The first-order valence-corrected chi connectivity index (χ1v) is 2.76. The van der Waals surface area contributed by atoms with Gasteiger partial charge in [-0.2, -0.15) is 0 Å². The molecule has 0 atom stereocenters. The molecule has 1 aromatic rings. The number of aromatic nitrogens is 1. The van der Waals surface area contributed by atoms with Crippen LogP contribution in [0.25, 0.3) is 6.20 Å². The van der Waals surface area contributed by atoms with Gasteiger partial charge in [-0.15, -0.1) is 0 Å². The van der Waals surface area contributed by atoms with Crippen LogP contribution >= 0.6 is 0 Å². The average Bonchev–Trinajstić information content (AvgIpc) is 2.33. The number of carbonyl (C=O) groups is 1. The molecule has 0 spiro atoms. The van der Waals surface area contributed by atoms with E-state index in [1.54, 1.807) is 12.3 Å². The van der Waals surface area contributed by atoms with E-state index in [9.17, 15) is 9.90 Å². The smallest absolute Gasteiger partial charge is 0.0883 e. The van der Waals surface area contributed by atoms with E-state index in [0.717, 1.165) is 0 Å². The third-order valence-electron chi connectivity index (χ3n) is 1.18. The van der Waals surface area contributed by atoms with Crippen LogP contribution in [0, 0.1) is 0 Å². The van der Waals surface area contributed by atoms with Crippen LogP contribution in [-0.2, 0) is 0 Å². The van der Waals surface area contributed by atoms with Crippen LogP contribution in [0.4, 0.5) is 0 Å². The van der Waals surface area contributed by atoms with Crippen molar-refractivity contribution >= 4 is 12.2 Å². The van der Waals surface area contributed by atoms with Crippen LogP contribution in [0.1, 0.15) is 10.5 Å². The molecule has 0 radical (unpaired) electrons. The Hall–Kier alpha value is -1.51. The number of aromatic carboxylic acids is 1. The zero-order valence-corrected chi connectivity index (χ0v) is 5.28. The number of carbonyl (C=O) groups excluding carboxylic acids is 1. The Bertz CT molecular complexity index is 262. The predicted molar refractivity (Wildman–Crippen MR) is 35.1 cm³/mol. The first-order chi connectivity index (χ1) is 4.75. The van der Waals surface area contributed by atoms with Gasteiger partial charge in [-0.3, -0.25) is 0 Å². The van der Waals surface area contributed by atoms with Gasteiger partial charge in [-0.1, -0.05) is 6.58 Å².